The highest BCUT2D eigenvalue weighted by molar-refractivity contribution is 7.09. The summed E-state index contributed by atoms with van der Waals surface area (Å²) in [6, 6.07) is 0.148. The Kier molecular flexibility index (Phi) is 4.47. The molecule has 0 radical (unpaired) electrons. The first kappa shape index (κ1) is 12.5. The van der Waals surface area contributed by atoms with E-state index in [-0.39, 0.29) is 11.9 Å². The Balaban J connectivity index is 1.78. The van der Waals surface area contributed by atoms with Crippen molar-refractivity contribution in [3.63, 3.8) is 0 Å². The lowest BCUT2D eigenvalue weighted by Gasteiger charge is -2.25. The van der Waals surface area contributed by atoms with Crippen molar-refractivity contribution in [1.29, 1.82) is 0 Å². The molecule has 0 spiro atoms. The van der Waals surface area contributed by atoms with Gasteiger partial charge in [-0.05, 0) is 0 Å². The maximum absolute atomic E-state index is 11.9. The van der Waals surface area contributed by atoms with Gasteiger partial charge in [0.1, 0.15) is 5.01 Å². The van der Waals surface area contributed by atoms with E-state index >= 15 is 0 Å². The molecule has 1 aliphatic heterocycles. The predicted octanol–water partition coefficient (Wildman–Crippen LogP) is 0.480. The van der Waals surface area contributed by atoms with Crippen LogP contribution in [0.1, 0.15) is 11.4 Å². The molecule has 17 heavy (non-hydrogen) atoms. The molecule has 0 aromatic carbocycles. The molecule has 1 atom stereocenters. The highest BCUT2D eigenvalue weighted by atomic mass is 32.1. The second kappa shape index (κ2) is 6.09. The molecule has 94 valence electrons. The van der Waals surface area contributed by atoms with Crippen molar-refractivity contribution in [2.45, 2.75) is 19.0 Å². The number of aromatic nitrogens is 1. The first-order valence-corrected chi connectivity index (χ1v) is 6.57. The molecule has 1 saturated heterocycles. The third kappa shape index (κ3) is 3.76. The summed E-state index contributed by atoms with van der Waals surface area (Å²) in [6.07, 6.45) is 2.25. The van der Waals surface area contributed by atoms with Crippen LogP contribution < -0.4 is 5.32 Å². The molecule has 1 amide bonds. The van der Waals surface area contributed by atoms with Gasteiger partial charge >= 0.3 is 0 Å². The molecule has 1 fully saturated rings. The minimum atomic E-state index is 0.128. The molecule has 0 bridgehead atoms. The number of ether oxygens (including phenoxy) is 1. The quantitative estimate of drug-likeness (QED) is 0.850. The number of thiazole rings is 1. The summed E-state index contributed by atoms with van der Waals surface area (Å²) in [6.45, 7) is 2.77. The van der Waals surface area contributed by atoms with E-state index in [9.17, 15) is 4.79 Å². The van der Waals surface area contributed by atoms with Gasteiger partial charge in [0.15, 0.2) is 0 Å². The zero-order chi connectivity index (χ0) is 12.1. The van der Waals surface area contributed by atoms with Crippen molar-refractivity contribution in [2.75, 3.05) is 26.8 Å². The number of hydrogen-bond donors (Lipinski definition) is 1. The lowest BCUT2D eigenvalue weighted by molar-refractivity contribution is -0.131. The zero-order valence-corrected chi connectivity index (χ0v) is 10.7. The topological polar surface area (TPSA) is 54.5 Å². The van der Waals surface area contributed by atoms with E-state index in [1.165, 1.54) is 0 Å². The van der Waals surface area contributed by atoms with Crippen LogP contribution in [0.5, 0.6) is 0 Å². The zero-order valence-electron chi connectivity index (χ0n) is 9.89. The van der Waals surface area contributed by atoms with Gasteiger partial charge in [0.2, 0.25) is 5.91 Å². The van der Waals surface area contributed by atoms with Gasteiger partial charge in [-0.25, -0.2) is 4.98 Å². The van der Waals surface area contributed by atoms with Crippen molar-refractivity contribution in [2.24, 2.45) is 0 Å². The Bertz CT molecular complexity index is 350. The number of morpholine rings is 1. The van der Waals surface area contributed by atoms with Crippen LogP contribution in [0.3, 0.4) is 0 Å². The highest BCUT2D eigenvalue weighted by Crippen LogP contribution is 2.09. The molecule has 2 rings (SSSR count). The summed E-state index contributed by atoms with van der Waals surface area (Å²) in [7, 11) is 1.81. The smallest absolute Gasteiger partial charge is 0.224 e. The maximum atomic E-state index is 11.9. The second-order valence-electron chi connectivity index (χ2n) is 4.11. The summed E-state index contributed by atoms with van der Waals surface area (Å²) in [5.74, 6) is 0.128. The number of nitrogens with zero attached hydrogens (tertiary/aromatic N) is 2. The van der Waals surface area contributed by atoms with Crippen LogP contribution >= 0.6 is 11.3 Å². The third-order valence-electron chi connectivity index (χ3n) is 2.70. The fourth-order valence-corrected chi connectivity index (χ4v) is 2.41. The van der Waals surface area contributed by atoms with Gasteiger partial charge in [-0.2, -0.15) is 0 Å². The number of amides is 1. The first-order valence-electron chi connectivity index (χ1n) is 5.69. The molecule has 1 N–H and O–H groups in total. The largest absolute Gasteiger partial charge is 0.378 e. The monoisotopic (exact) mass is 255 g/mol. The molecule has 2 heterocycles. The molecule has 1 aliphatic rings. The molecule has 1 unspecified atom stereocenters. The van der Waals surface area contributed by atoms with Crippen molar-refractivity contribution in [1.82, 2.24) is 15.2 Å². The summed E-state index contributed by atoms with van der Waals surface area (Å²) in [5, 5.41) is 6.17. The van der Waals surface area contributed by atoms with Crippen molar-refractivity contribution >= 4 is 17.2 Å². The average molecular weight is 255 g/mol. The molecule has 1 aromatic heterocycles. The van der Waals surface area contributed by atoms with Crippen LogP contribution in [0.15, 0.2) is 11.6 Å². The normalized spacial score (nSPS) is 20.2. The van der Waals surface area contributed by atoms with Crippen molar-refractivity contribution in [3.05, 3.63) is 16.6 Å². The molecule has 0 aliphatic carbocycles. The molecule has 6 heteroatoms. The highest BCUT2D eigenvalue weighted by Gasteiger charge is 2.19. The number of carbonyl (C=O) groups excluding carboxylic acids is 1. The minimum Gasteiger partial charge on any atom is -0.378 e. The number of carbonyl (C=O) groups is 1. The molecule has 0 saturated carbocycles. The van der Waals surface area contributed by atoms with E-state index in [0.717, 1.165) is 18.2 Å². The molecule has 1 aromatic rings. The number of rotatable bonds is 4. The summed E-state index contributed by atoms with van der Waals surface area (Å²) in [4.78, 5) is 17.8. The Labute approximate surface area is 105 Å². The van der Waals surface area contributed by atoms with Gasteiger partial charge < -0.3 is 15.0 Å². The fourth-order valence-electron chi connectivity index (χ4n) is 1.74. The van der Waals surface area contributed by atoms with E-state index in [0.29, 0.717) is 19.6 Å². The number of hydrogen-bond acceptors (Lipinski definition) is 5. The Morgan fingerprint density at radius 1 is 1.76 bits per heavy atom. The van der Waals surface area contributed by atoms with E-state index < -0.39 is 0 Å². The first-order chi connectivity index (χ1) is 8.25. The predicted molar refractivity (Wildman–Crippen MR) is 65.8 cm³/mol. The van der Waals surface area contributed by atoms with Crippen molar-refractivity contribution in [3.8, 4) is 0 Å². The molecular formula is C11H17N3O2S. The maximum Gasteiger partial charge on any atom is 0.224 e. The van der Waals surface area contributed by atoms with Gasteiger partial charge in [-0.1, -0.05) is 0 Å². The van der Waals surface area contributed by atoms with Crippen LogP contribution in [-0.4, -0.2) is 48.6 Å². The summed E-state index contributed by atoms with van der Waals surface area (Å²) < 4.78 is 5.33. The molecule has 5 nitrogen and oxygen atoms in total. The van der Waals surface area contributed by atoms with Gasteiger partial charge in [-0.3, -0.25) is 4.79 Å². The van der Waals surface area contributed by atoms with Gasteiger partial charge in [0.25, 0.3) is 0 Å². The standard InChI is InChI=1S/C11H17N3O2S/c1-14(7-10-13-3-5-17-10)11(15)6-9-8-16-4-2-12-9/h3,5,9,12H,2,4,6-8H2,1H3. The van der Waals surface area contributed by atoms with Crippen LogP contribution in [0, 0.1) is 0 Å². The molecular weight excluding hydrogens is 238 g/mol. The Hall–Kier alpha value is -0.980. The Morgan fingerprint density at radius 3 is 3.29 bits per heavy atom. The third-order valence-corrected chi connectivity index (χ3v) is 3.47. The van der Waals surface area contributed by atoms with Crippen molar-refractivity contribution < 1.29 is 9.53 Å². The van der Waals surface area contributed by atoms with E-state index in [1.54, 1.807) is 22.4 Å². The summed E-state index contributed by atoms with van der Waals surface area (Å²) in [5.41, 5.74) is 0. The summed E-state index contributed by atoms with van der Waals surface area (Å²) >= 11 is 1.57. The van der Waals surface area contributed by atoms with E-state index in [4.69, 9.17) is 4.74 Å². The van der Waals surface area contributed by atoms with Gasteiger partial charge in [0, 0.05) is 37.6 Å². The van der Waals surface area contributed by atoms with Crippen LogP contribution in [-0.2, 0) is 16.1 Å². The van der Waals surface area contributed by atoms with Gasteiger partial charge in [0.05, 0.1) is 19.8 Å². The van der Waals surface area contributed by atoms with Crippen LogP contribution in [0.25, 0.3) is 0 Å². The SMILES string of the molecule is CN(Cc1nccs1)C(=O)CC1COCCN1. The average Bonchev–Trinajstić information content (AvgIpc) is 2.83. The second-order valence-corrected chi connectivity index (χ2v) is 5.08. The lowest BCUT2D eigenvalue weighted by Crippen LogP contribution is -2.44. The fraction of sp³-hybridized carbons (Fsp3) is 0.636. The van der Waals surface area contributed by atoms with Gasteiger partial charge in [-0.15, -0.1) is 11.3 Å². The Morgan fingerprint density at radius 2 is 2.65 bits per heavy atom. The van der Waals surface area contributed by atoms with Crippen LogP contribution in [0.4, 0.5) is 0 Å². The van der Waals surface area contributed by atoms with Crippen LogP contribution in [0.2, 0.25) is 0 Å². The lowest BCUT2D eigenvalue weighted by atomic mass is 10.2. The minimum absolute atomic E-state index is 0.128. The number of nitrogens with one attached hydrogen (secondary N) is 1. The van der Waals surface area contributed by atoms with E-state index in [1.807, 2.05) is 12.4 Å². The van der Waals surface area contributed by atoms with E-state index in [2.05, 4.69) is 10.3 Å².